The van der Waals surface area contributed by atoms with E-state index in [-0.39, 0.29) is 24.2 Å². The van der Waals surface area contributed by atoms with Crippen LogP contribution >= 0.6 is 11.3 Å². The number of thiophene rings is 1. The Morgan fingerprint density at radius 1 is 1.38 bits per heavy atom. The molecule has 2 aromatic rings. The van der Waals surface area contributed by atoms with E-state index in [1.54, 1.807) is 11.3 Å². The first-order valence-electron chi connectivity index (χ1n) is 8.75. The van der Waals surface area contributed by atoms with Crippen molar-refractivity contribution in [2.75, 3.05) is 19.8 Å². The fraction of sp³-hybridized carbons (Fsp3) is 0.526. The highest BCUT2D eigenvalue weighted by Gasteiger charge is 2.44. The molecule has 0 spiro atoms. The van der Waals surface area contributed by atoms with Crippen molar-refractivity contribution in [1.29, 1.82) is 0 Å². The summed E-state index contributed by atoms with van der Waals surface area (Å²) >= 11 is 1.71. The number of nitrogens with zero attached hydrogens (tertiary/aromatic N) is 1. The van der Waals surface area contributed by atoms with Gasteiger partial charge in [-0.2, -0.15) is 0 Å². The monoisotopic (exact) mass is 345 g/mol. The van der Waals surface area contributed by atoms with E-state index in [4.69, 9.17) is 9.47 Å². The van der Waals surface area contributed by atoms with Gasteiger partial charge in [0.15, 0.2) is 0 Å². The Hall–Kier alpha value is -1.43. The normalized spacial score (nSPS) is 26.7. The second-order valence-electron chi connectivity index (χ2n) is 6.49. The minimum Gasteiger partial charge on any atom is -0.376 e. The number of hydrogen-bond acceptors (Lipinski definition) is 4. The zero-order chi connectivity index (χ0) is 16.5. The van der Waals surface area contributed by atoms with Crippen molar-refractivity contribution in [1.82, 2.24) is 4.90 Å². The smallest absolute Gasteiger partial charge is 0.227 e. The minimum atomic E-state index is 0.0434. The van der Waals surface area contributed by atoms with Gasteiger partial charge >= 0.3 is 0 Å². The predicted molar refractivity (Wildman–Crippen MR) is 95.4 cm³/mol. The van der Waals surface area contributed by atoms with Gasteiger partial charge in [-0.15, -0.1) is 11.3 Å². The molecule has 1 aliphatic heterocycles. The number of morpholine rings is 1. The maximum Gasteiger partial charge on any atom is 0.227 e. The molecule has 1 saturated heterocycles. The van der Waals surface area contributed by atoms with E-state index >= 15 is 0 Å². The molecule has 1 aromatic carbocycles. The van der Waals surface area contributed by atoms with Crippen molar-refractivity contribution < 1.29 is 14.3 Å². The Bertz CT molecular complexity index is 728. The lowest BCUT2D eigenvalue weighted by Crippen LogP contribution is -2.54. The molecule has 1 amide bonds. The van der Waals surface area contributed by atoms with Crippen molar-refractivity contribution in [2.45, 2.75) is 44.4 Å². The molecule has 1 saturated carbocycles. The summed E-state index contributed by atoms with van der Waals surface area (Å²) in [4.78, 5) is 15.0. The molecule has 2 aliphatic rings. The van der Waals surface area contributed by atoms with E-state index in [0.29, 0.717) is 26.2 Å². The number of benzene rings is 1. The third-order valence-corrected chi connectivity index (χ3v) is 6.15. The predicted octanol–water partition coefficient (Wildman–Crippen LogP) is 3.24. The number of hydrogen-bond donors (Lipinski definition) is 0. The molecular formula is C19H23NO3S. The Labute approximate surface area is 146 Å². The molecule has 4 nitrogen and oxygen atoms in total. The average molecular weight is 345 g/mol. The van der Waals surface area contributed by atoms with Crippen molar-refractivity contribution in [3.05, 3.63) is 35.2 Å². The van der Waals surface area contributed by atoms with Gasteiger partial charge < -0.3 is 14.4 Å². The van der Waals surface area contributed by atoms with Gasteiger partial charge in [-0.05, 0) is 42.2 Å². The molecule has 1 aromatic heterocycles. The highest BCUT2D eigenvalue weighted by atomic mass is 32.1. The molecule has 0 N–H and O–H groups in total. The molecule has 3 atom stereocenters. The van der Waals surface area contributed by atoms with Crippen molar-refractivity contribution in [2.24, 2.45) is 0 Å². The molecule has 1 aliphatic carbocycles. The van der Waals surface area contributed by atoms with Gasteiger partial charge in [-0.3, -0.25) is 4.79 Å². The number of carbonyl (C=O) groups is 1. The number of fused-ring (bicyclic) bond motifs is 2. The number of rotatable bonds is 4. The molecule has 0 radical (unpaired) electrons. The summed E-state index contributed by atoms with van der Waals surface area (Å²) in [5, 5.41) is 3.33. The van der Waals surface area contributed by atoms with E-state index in [1.807, 2.05) is 24.0 Å². The van der Waals surface area contributed by atoms with Crippen LogP contribution in [-0.2, 0) is 20.7 Å². The Morgan fingerprint density at radius 2 is 2.25 bits per heavy atom. The zero-order valence-corrected chi connectivity index (χ0v) is 14.8. The van der Waals surface area contributed by atoms with Crippen LogP contribution in [-0.4, -0.2) is 48.8 Å². The van der Waals surface area contributed by atoms with Crippen LogP contribution in [0.15, 0.2) is 29.6 Å². The number of amides is 1. The van der Waals surface area contributed by atoms with E-state index in [9.17, 15) is 4.79 Å². The fourth-order valence-electron chi connectivity index (χ4n) is 4.05. The van der Waals surface area contributed by atoms with Gasteiger partial charge in [0.2, 0.25) is 5.91 Å². The third kappa shape index (κ3) is 2.85. The summed E-state index contributed by atoms with van der Waals surface area (Å²) in [6.07, 6.45) is 2.62. The molecule has 2 fully saturated rings. The Morgan fingerprint density at radius 3 is 3.12 bits per heavy atom. The van der Waals surface area contributed by atoms with E-state index in [0.717, 1.165) is 18.4 Å². The Kier molecular flexibility index (Phi) is 4.57. The van der Waals surface area contributed by atoms with Crippen LogP contribution in [0.3, 0.4) is 0 Å². The summed E-state index contributed by atoms with van der Waals surface area (Å²) in [5.41, 5.74) is 1.14. The zero-order valence-electron chi connectivity index (χ0n) is 13.9. The van der Waals surface area contributed by atoms with Crippen LogP contribution in [0.4, 0.5) is 0 Å². The summed E-state index contributed by atoms with van der Waals surface area (Å²) in [6.45, 7) is 4.02. The average Bonchev–Trinajstić information content (AvgIpc) is 3.20. The van der Waals surface area contributed by atoms with Crippen molar-refractivity contribution >= 4 is 27.3 Å². The van der Waals surface area contributed by atoms with E-state index in [1.165, 1.54) is 10.1 Å². The second kappa shape index (κ2) is 6.82. The van der Waals surface area contributed by atoms with Gasteiger partial charge in [0.05, 0.1) is 25.2 Å². The quantitative estimate of drug-likeness (QED) is 0.854. The first-order valence-corrected chi connectivity index (χ1v) is 9.63. The molecule has 0 unspecified atom stereocenters. The van der Waals surface area contributed by atoms with Crippen LogP contribution in [0, 0.1) is 0 Å². The van der Waals surface area contributed by atoms with Crippen molar-refractivity contribution in [3.63, 3.8) is 0 Å². The highest BCUT2D eigenvalue weighted by Crippen LogP contribution is 2.33. The molecule has 0 bridgehead atoms. The standard InChI is InChI=1S/C19H23NO3S/c1-2-22-16-8-7-15-19(16)23-10-9-20(15)18(21)11-13-12-24-17-6-4-3-5-14(13)17/h3-6,12,15-16,19H,2,7-11H2,1H3/t15-,16-,19-/m1/s1. The first-order chi connectivity index (χ1) is 11.8. The highest BCUT2D eigenvalue weighted by molar-refractivity contribution is 7.17. The van der Waals surface area contributed by atoms with E-state index in [2.05, 4.69) is 17.5 Å². The van der Waals surface area contributed by atoms with Gasteiger partial charge in [-0.1, -0.05) is 18.2 Å². The summed E-state index contributed by atoms with van der Waals surface area (Å²) in [6, 6.07) is 8.48. The number of ether oxygens (including phenoxy) is 2. The maximum absolute atomic E-state index is 13.0. The fourth-order valence-corrected chi connectivity index (χ4v) is 5.01. The molecule has 2 heterocycles. The van der Waals surface area contributed by atoms with Gasteiger partial charge in [-0.25, -0.2) is 0 Å². The first kappa shape index (κ1) is 16.1. The lowest BCUT2D eigenvalue weighted by Gasteiger charge is -2.39. The van der Waals surface area contributed by atoms with Crippen LogP contribution in [0.5, 0.6) is 0 Å². The lowest BCUT2D eigenvalue weighted by molar-refractivity contribution is -0.150. The molecule has 5 heteroatoms. The maximum atomic E-state index is 13.0. The van der Waals surface area contributed by atoms with Gasteiger partial charge in [0, 0.05) is 17.9 Å². The number of carbonyl (C=O) groups excluding carboxylic acids is 1. The third-order valence-electron chi connectivity index (χ3n) is 5.14. The van der Waals surface area contributed by atoms with Crippen LogP contribution in [0.1, 0.15) is 25.3 Å². The summed E-state index contributed by atoms with van der Waals surface area (Å²) in [5.74, 6) is 0.217. The van der Waals surface area contributed by atoms with Crippen LogP contribution in [0.25, 0.3) is 10.1 Å². The Balaban J connectivity index is 1.50. The molecular weight excluding hydrogens is 322 g/mol. The molecule has 128 valence electrons. The van der Waals surface area contributed by atoms with Gasteiger partial charge in [0.25, 0.3) is 0 Å². The van der Waals surface area contributed by atoms with Gasteiger partial charge in [0.1, 0.15) is 6.10 Å². The lowest BCUT2D eigenvalue weighted by atomic mass is 10.1. The topological polar surface area (TPSA) is 38.8 Å². The van der Waals surface area contributed by atoms with Crippen LogP contribution in [0.2, 0.25) is 0 Å². The summed E-state index contributed by atoms with van der Waals surface area (Å²) in [7, 11) is 0. The van der Waals surface area contributed by atoms with Crippen molar-refractivity contribution in [3.8, 4) is 0 Å². The minimum absolute atomic E-state index is 0.0434. The largest absolute Gasteiger partial charge is 0.376 e. The molecule has 24 heavy (non-hydrogen) atoms. The summed E-state index contributed by atoms with van der Waals surface area (Å²) < 4.78 is 13.0. The van der Waals surface area contributed by atoms with E-state index < -0.39 is 0 Å². The molecule has 4 rings (SSSR count). The second-order valence-corrected chi connectivity index (χ2v) is 7.41. The SMILES string of the molecule is CCO[C@@H]1CC[C@@H]2[C@H]1OCCN2C(=O)Cc1csc2ccccc12. The van der Waals surface area contributed by atoms with Crippen LogP contribution < -0.4 is 0 Å².